The van der Waals surface area contributed by atoms with Crippen LogP contribution in [-0.4, -0.2) is 48.9 Å². The first-order valence-corrected chi connectivity index (χ1v) is 9.01. The minimum Gasteiger partial charge on any atom is -0.324 e. The number of benzene rings is 2. The Kier molecular flexibility index (Phi) is 5.97. The molecule has 1 fully saturated rings. The molecule has 132 valence electrons. The molecule has 2 aromatic rings. The molecule has 0 aromatic heterocycles. The van der Waals surface area contributed by atoms with Crippen LogP contribution in [0.4, 0.5) is 5.69 Å². The van der Waals surface area contributed by atoms with Crippen molar-refractivity contribution in [2.75, 3.05) is 38.5 Å². The lowest BCUT2D eigenvalue weighted by Crippen LogP contribution is -2.49. The van der Waals surface area contributed by atoms with Gasteiger partial charge in [0.1, 0.15) is 0 Å². The highest BCUT2D eigenvalue weighted by Crippen LogP contribution is 2.30. The van der Waals surface area contributed by atoms with Gasteiger partial charge in [-0.05, 0) is 24.7 Å². The average Bonchev–Trinajstić information content (AvgIpc) is 2.61. The first kappa shape index (κ1) is 18.2. The zero-order chi connectivity index (χ0) is 17.8. The Hall–Kier alpha value is -1.59. The zero-order valence-electron chi connectivity index (χ0n) is 14.1. The van der Waals surface area contributed by atoms with Crippen molar-refractivity contribution in [2.24, 2.45) is 0 Å². The minimum atomic E-state index is -0.0883. The molecule has 0 bridgehead atoms. The minimum absolute atomic E-state index is 0.0883. The lowest BCUT2D eigenvalue weighted by Gasteiger charge is -2.40. The summed E-state index contributed by atoms with van der Waals surface area (Å²) in [7, 11) is 2.11. The van der Waals surface area contributed by atoms with Gasteiger partial charge in [0.05, 0.1) is 22.3 Å². The number of carbonyl (C=O) groups is 1. The van der Waals surface area contributed by atoms with E-state index in [1.165, 1.54) is 5.56 Å². The summed E-state index contributed by atoms with van der Waals surface area (Å²) in [5.41, 5.74) is 1.77. The third-order valence-corrected chi connectivity index (χ3v) is 5.27. The largest absolute Gasteiger partial charge is 0.324 e. The summed E-state index contributed by atoms with van der Waals surface area (Å²) in [6, 6.07) is 15.7. The van der Waals surface area contributed by atoms with E-state index in [4.69, 9.17) is 23.2 Å². The molecule has 1 aliphatic rings. The molecule has 2 aromatic carbocycles. The maximum absolute atomic E-state index is 12.5. The van der Waals surface area contributed by atoms with Gasteiger partial charge in [-0.15, -0.1) is 0 Å². The highest BCUT2D eigenvalue weighted by molar-refractivity contribution is 6.44. The van der Waals surface area contributed by atoms with Crippen molar-refractivity contribution in [3.63, 3.8) is 0 Å². The Morgan fingerprint density at radius 2 is 1.88 bits per heavy atom. The van der Waals surface area contributed by atoms with Crippen molar-refractivity contribution >= 4 is 34.8 Å². The summed E-state index contributed by atoms with van der Waals surface area (Å²) in [6.07, 6.45) is 0. The van der Waals surface area contributed by atoms with Crippen LogP contribution >= 0.6 is 23.2 Å². The van der Waals surface area contributed by atoms with Crippen LogP contribution in [0.2, 0.25) is 10.0 Å². The van der Waals surface area contributed by atoms with E-state index < -0.39 is 0 Å². The number of carbonyl (C=O) groups excluding carboxylic acids is 1. The van der Waals surface area contributed by atoms with Crippen LogP contribution in [0.25, 0.3) is 0 Å². The molecular formula is C19H21Cl2N3O. The van der Waals surface area contributed by atoms with Crippen molar-refractivity contribution in [3.05, 3.63) is 64.1 Å². The summed E-state index contributed by atoms with van der Waals surface area (Å²) in [5, 5.41) is 3.67. The second-order valence-corrected chi connectivity index (χ2v) is 7.09. The smallest absolute Gasteiger partial charge is 0.238 e. The first-order valence-electron chi connectivity index (χ1n) is 8.26. The molecule has 4 nitrogen and oxygen atoms in total. The summed E-state index contributed by atoms with van der Waals surface area (Å²) < 4.78 is 0. The van der Waals surface area contributed by atoms with Gasteiger partial charge in [-0.1, -0.05) is 59.6 Å². The van der Waals surface area contributed by atoms with Crippen molar-refractivity contribution < 1.29 is 4.79 Å². The summed E-state index contributed by atoms with van der Waals surface area (Å²) in [5.74, 6) is -0.0883. The molecule has 1 aliphatic heterocycles. The summed E-state index contributed by atoms with van der Waals surface area (Å²) in [4.78, 5) is 17.0. The number of nitrogens with one attached hydrogen (secondary N) is 1. The summed E-state index contributed by atoms with van der Waals surface area (Å²) in [6.45, 7) is 2.99. The zero-order valence-corrected chi connectivity index (χ0v) is 15.6. The fraction of sp³-hybridized carbons (Fsp3) is 0.316. The third kappa shape index (κ3) is 4.53. The molecule has 6 heteroatoms. The predicted molar refractivity (Wildman–Crippen MR) is 103 cm³/mol. The van der Waals surface area contributed by atoms with Gasteiger partial charge < -0.3 is 10.2 Å². The second-order valence-electron chi connectivity index (χ2n) is 6.31. The molecule has 0 spiro atoms. The molecular weight excluding hydrogens is 357 g/mol. The van der Waals surface area contributed by atoms with Gasteiger partial charge in [-0.25, -0.2) is 0 Å². The SMILES string of the molecule is CN1CCN(CC(=O)Nc2cccc(Cl)c2Cl)C(c2ccccc2)C1. The monoisotopic (exact) mass is 377 g/mol. The molecule has 1 N–H and O–H groups in total. The highest BCUT2D eigenvalue weighted by Gasteiger charge is 2.28. The Morgan fingerprint density at radius 1 is 1.12 bits per heavy atom. The van der Waals surface area contributed by atoms with Crippen molar-refractivity contribution in [1.29, 1.82) is 0 Å². The van der Waals surface area contributed by atoms with Gasteiger partial charge >= 0.3 is 0 Å². The van der Waals surface area contributed by atoms with Gasteiger partial charge in [0.15, 0.2) is 0 Å². The molecule has 1 unspecified atom stereocenters. The Morgan fingerprint density at radius 3 is 2.64 bits per heavy atom. The average molecular weight is 378 g/mol. The molecule has 1 saturated heterocycles. The van der Waals surface area contributed by atoms with Crippen LogP contribution in [0, 0.1) is 0 Å². The number of amides is 1. The van der Waals surface area contributed by atoms with E-state index >= 15 is 0 Å². The quantitative estimate of drug-likeness (QED) is 0.876. The number of hydrogen-bond donors (Lipinski definition) is 1. The molecule has 1 heterocycles. The standard InChI is InChI=1S/C19H21Cl2N3O/c1-23-10-11-24(17(12-23)14-6-3-2-4-7-14)13-18(25)22-16-9-5-8-15(20)19(16)21/h2-9,17H,10-13H2,1H3,(H,22,25). The van der Waals surface area contributed by atoms with E-state index in [-0.39, 0.29) is 11.9 Å². The highest BCUT2D eigenvalue weighted by atomic mass is 35.5. The van der Waals surface area contributed by atoms with Gasteiger partial charge in [-0.3, -0.25) is 9.69 Å². The van der Waals surface area contributed by atoms with Crippen LogP contribution < -0.4 is 5.32 Å². The van der Waals surface area contributed by atoms with Crippen LogP contribution in [-0.2, 0) is 4.79 Å². The second kappa shape index (κ2) is 8.19. The van der Waals surface area contributed by atoms with Crippen LogP contribution in [0.15, 0.2) is 48.5 Å². The van der Waals surface area contributed by atoms with E-state index in [1.807, 2.05) is 18.2 Å². The number of hydrogen-bond acceptors (Lipinski definition) is 3. The number of rotatable bonds is 4. The third-order valence-electron chi connectivity index (χ3n) is 4.45. The van der Waals surface area contributed by atoms with Crippen molar-refractivity contribution in [3.8, 4) is 0 Å². The van der Waals surface area contributed by atoms with Gasteiger partial charge in [0, 0.05) is 25.7 Å². The molecule has 1 amide bonds. The van der Waals surface area contributed by atoms with Crippen LogP contribution in [0.1, 0.15) is 11.6 Å². The van der Waals surface area contributed by atoms with E-state index in [0.717, 1.165) is 19.6 Å². The van der Waals surface area contributed by atoms with Crippen LogP contribution in [0.5, 0.6) is 0 Å². The van der Waals surface area contributed by atoms with Crippen molar-refractivity contribution in [1.82, 2.24) is 9.80 Å². The maximum Gasteiger partial charge on any atom is 0.238 e. The molecule has 0 aliphatic carbocycles. The van der Waals surface area contributed by atoms with E-state index in [0.29, 0.717) is 22.3 Å². The van der Waals surface area contributed by atoms with Gasteiger partial charge in [0.2, 0.25) is 5.91 Å². The van der Waals surface area contributed by atoms with Gasteiger partial charge in [0.25, 0.3) is 0 Å². The number of piperazine rings is 1. The molecule has 0 saturated carbocycles. The lowest BCUT2D eigenvalue weighted by molar-refractivity contribution is -0.118. The van der Waals surface area contributed by atoms with E-state index in [1.54, 1.807) is 18.2 Å². The molecule has 25 heavy (non-hydrogen) atoms. The Balaban J connectivity index is 1.71. The number of halogens is 2. The maximum atomic E-state index is 12.5. The van der Waals surface area contributed by atoms with E-state index in [2.05, 4.69) is 34.3 Å². The first-order chi connectivity index (χ1) is 12.0. The Bertz CT molecular complexity index is 739. The number of likely N-dealkylation sites (N-methyl/N-ethyl adjacent to an activating group) is 1. The van der Waals surface area contributed by atoms with Gasteiger partial charge in [-0.2, -0.15) is 0 Å². The number of nitrogens with zero attached hydrogens (tertiary/aromatic N) is 2. The number of anilines is 1. The molecule has 1 atom stereocenters. The fourth-order valence-corrected chi connectivity index (χ4v) is 3.46. The normalized spacial score (nSPS) is 18.9. The Labute approximate surface area is 158 Å². The van der Waals surface area contributed by atoms with Crippen molar-refractivity contribution in [2.45, 2.75) is 6.04 Å². The predicted octanol–water partition coefficient (Wildman–Crippen LogP) is 3.92. The topological polar surface area (TPSA) is 35.6 Å². The molecule has 3 rings (SSSR count). The summed E-state index contributed by atoms with van der Waals surface area (Å²) >= 11 is 12.2. The fourth-order valence-electron chi connectivity index (χ4n) is 3.11. The molecule has 0 radical (unpaired) electrons. The van der Waals surface area contributed by atoms with E-state index in [9.17, 15) is 4.79 Å². The lowest BCUT2D eigenvalue weighted by atomic mass is 10.0. The van der Waals surface area contributed by atoms with Crippen LogP contribution in [0.3, 0.4) is 0 Å².